The van der Waals surface area contributed by atoms with Crippen molar-refractivity contribution in [2.45, 2.75) is 38.5 Å². The molecule has 3 rings (SSSR count). The molecule has 3 aromatic rings. The lowest BCUT2D eigenvalue weighted by Gasteiger charge is -2.24. The highest BCUT2D eigenvalue weighted by Gasteiger charge is 2.27. The second-order valence-electron chi connectivity index (χ2n) is 8.28. The standard InChI is InChI=1S/C26H29N3O3S/c1-19(2)23-12-10-22(11-13-23)17-27-28-26(30)18-29(24-7-5-6-21(4)16-24)33(31,32)25-14-8-20(3)9-15-25/h5-17,19H,18H2,1-4H3,(H,28,30)/b27-17-. The molecule has 1 N–H and O–H groups in total. The summed E-state index contributed by atoms with van der Waals surface area (Å²) in [6.07, 6.45) is 1.54. The number of hydrazone groups is 1. The first-order chi connectivity index (χ1) is 15.7. The number of aryl methyl sites for hydroxylation is 2. The van der Waals surface area contributed by atoms with Gasteiger partial charge in [0.2, 0.25) is 0 Å². The molecule has 0 atom stereocenters. The molecule has 0 bridgehead atoms. The lowest BCUT2D eigenvalue weighted by molar-refractivity contribution is -0.119. The number of hydrogen-bond acceptors (Lipinski definition) is 4. The number of carbonyl (C=O) groups excluding carboxylic acids is 1. The Balaban J connectivity index is 1.80. The van der Waals surface area contributed by atoms with Gasteiger partial charge in [-0.1, -0.05) is 67.9 Å². The fourth-order valence-corrected chi connectivity index (χ4v) is 4.66. The summed E-state index contributed by atoms with van der Waals surface area (Å²) in [6.45, 7) is 7.59. The molecule has 172 valence electrons. The van der Waals surface area contributed by atoms with Crippen molar-refractivity contribution < 1.29 is 13.2 Å². The van der Waals surface area contributed by atoms with Crippen LogP contribution in [0.3, 0.4) is 0 Å². The second kappa shape index (κ2) is 10.4. The van der Waals surface area contributed by atoms with E-state index in [1.54, 1.807) is 42.5 Å². The topological polar surface area (TPSA) is 78.8 Å². The molecular formula is C26H29N3O3S. The number of hydrogen-bond donors (Lipinski definition) is 1. The van der Waals surface area contributed by atoms with E-state index in [1.807, 2.05) is 44.2 Å². The van der Waals surface area contributed by atoms with Crippen LogP contribution in [0.5, 0.6) is 0 Å². The maximum Gasteiger partial charge on any atom is 0.264 e. The van der Waals surface area contributed by atoms with Crippen molar-refractivity contribution in [2.75, 3.05) is 10.8 Å². The van der Waals surface area contributed by atoms with Crippen molar-refractivity contribution >= 4 is 27.8 Å². The smallest absolute Gasteiger partial charge is 0.264 e. The van der Waals surface area contributed by atoms with E-state index in [0.29, 0.717) is 11.6 Å². The number of nitrogens with one attached hydrogen (secondary N) is 1. The average molecular weight is 464 g/mol. The number of carbonyl (C=O) groups is 1. The van der Waals surface area contributed by atoms with Crippen molar-refractivity contribution in [1.82, 2.24) is 5.43 Å². The summed E-state index contributed by atoms with van der Waals surface area (Å²) >= 11 is 0. The average Bonchev–Trinajstić information content (AvgIpc) is 2.78. The lowest BCUT2D eigenvalue weighted by atomic mass is 10.0. The van der Waals surface area contributed by atoms with Crippen molar-refractivity contribution in [1.29, 1.82) is 0 Å². The zero-order valence-electron chi connectivity index (χ0n) is 19.3. The number of nitrogens with zero attached hydrogens (tertiary/aromatic N) is 2. The summed E-state index contributed by atoms with van der Waals surface area (Å²) in [5.74, 6) is -0.110. The fraction of sp³-hybridized carbons (Fsp3) is 0.231. The van der Waals surface area contributed by atoms with Gasteiger partial charge in [0.15, 0.2) is 0 Å². The van der Waals surface area contributed by atoms with Gasteiger partial charge in [0.25, 0.3) is 15.9 Å². The molecule has 0 fully saturated rings. The fourth-order valence-electron chi connectivity index (χ4n) is 3.25. The minimum absolute atomic E-state index is 0.121. The molecule has 1 amide bonds. The highest BCUT2D eigenvalue weighted by atomic mass is 32.2. The summed E-state index contributed by atoms with van der Waals surface area (Å²) in [6, 6.07) is 21.5. The Morgan fingerprint density at radius 1 is 0.970 bits per heavy atom. The minimum Gasteiger partial charge on any atom is -0.271 e. The third-order valence-electron chi connectivity index (χ3n) is 5.19. The van der Waals surface area contributed by atoms with E-state index in [-0.39, 0.29) is 4.90 Å². The first kappa shape index (κ1) is 24.2. The van der Waals surface area contributed by atoms with Gasteiger partial charge >= 0.3 is 0 Å². The number of benzene rings is 3. The third-order valence-corrected chi connectivity index (χ3v) is 6.98. The van der Waals surface area contributed by atoms with E-state index in [9.17, 15) is 13.2 Å². The highest BCUT2D eigenvalue weighted by Crippen LogP contribution is 2.24. The zero-order chi connectivity index (χ0) is 24.0. The van der Waals surface area contributed by atoms with Gasteiger partial charge in [-0.05, 0) is 60.7 Å². The van der Waals surface area contributed by atoms with Crippen LogP contribution in [-0.4, -0.2) is 27.1 Å². The maximum absolute atomic E-state index is 13.4. The van der Waals surface area contributed by atoms with E-state index in [1.165, 1.54) is 11.8 Å². The van der Waals surface area contributed by atoms with Crippen LogP contribution in [0.15, 0.2) is 82.8 Å². The van der Waals surface area contributed by atoms with Gasteiger partial charge in [0, 0.05) is 0 Å². The molecule has 0 aromatic heterocycles. The Labute approximate surface area is 196 Å². The molecule has 0 saturated heterocycles. The summed E-state index contributed by atoms with van der Waals surface area (Å²) in [5, 5.41) is 4.00. The molecule has 0 spiro atoms. The predicted octanol–water partition coefficient (Wildman–Crippen LogP) is 4.77. The van der Waals surface area contributed by atoms with E-state index in [2.05, 4.69) is 24.4 Å². The monoisotopic (exact) mass is 463 g/mol. The van der Waals surface area contributed by atoms with Gasteiger partial charge in [-0.15, -0.1) is 0 Å². The number of anilines is 1. The molecule has 6 nitrogen and oxygen atoms in total. The van der Waals surface area contributed by atoms with Crippen molar-refractivity contribution in [3.63, 3.8) is 0 Å². The van der Waals surface area contributed by atoms with Crippen LogP contribution in [0.1, 0.15) is 42.0 Å². The first-order valence-electron chi connectivity index (χ1n) is 10.7. The molecule has 0 heterocycles. The number of amides is 1. The van der Waals surface area contributed by atoms with Gasteiger partial charge in [-0.3, -0.25) is 9.10 Å². The Kier molecular flexibility index (Phi) is 7.66. The highest BCUT2D eigenvalue weighted by molar-refractivity contribution is 7.92. The lowest BCUT2D eigenvalue weighted by Crippen LogP contribution is -2.39. The van der Waals surface area contributed by atoms with Gasteiger partial charge in [0.1, 0.15) is 6.54 Å². The first-order valence-corrected chi connectivity index (χ1v) is 12.2. The Hall–Kier alpha value is -3.45. The predicted molar refractivity (Wildman–Crippen MR) is 133 cm³/mol. The molecule has 3 aromatic carbocycles. The molecule has 0 unspecified atom stereocenters. The van der Waals surface area contributed by atoms with Crippen molar-refractivity contribution in [2.24, 2.45) is 5.10 Å². The minimum atomic E-state index is -3.95. The Morgan fingerprint density at radius 3 is 2.24 bits per heavy atom. The maximum atomic E-state index is 13.4. The van der Waals surface area contributed by atoms with E-state index in [0.717, 1.165) is 21.0 Å². The molecule has 7 heteroatoms. The molecular weight excluding hydrogens is 434 g/mol. The largest absolute Gasteiger partial charge is 0.271 e. The second-order valence-corrected chi connectivity index (χ2v) is 10.1. The molecule has 0 aliphatic carbocycles. The van der Waals surface area contributed by atoms with E-state index in [4.69, 9.17) is 0 Å². The Morgan fingerprint density at radius 2 is 1.64 bits per heavy atom. The summed E-state index contributed by atoms with van der Waals surface area (Å²) in [5.41, 5.74) is 6.74. The van der Waals surface area contributed by atoms with E-state index >= 15 is 0 Å². The molecule has 0 aliphatic heterocycles. The van der Waals surface area contributed by atoms with Gasteiger partial charge in [-0.25, -0.2) is 13.8 Å². The van der Waals surface area contributed by atoms with Crippen molar-refractivity contribution in [3.05, 3.63) is 95.1 Å². The van der Waals surface area contributed by atoms with Gasteiger partial charge < -0.3 is 0 Å². The van der Waals surface area contributed by atoms with Crippen LogP contribution in [-0.2, 0) is 14.8 Å². The van der Waals surface area contributed by atoms with Crippen LogP contribution in [0, 0.1) is 13.8 Å². The molecule has 33 heavy (non-hydrogen) atoms. The third kappa shape index (κ3) is 6.29. The van der Waals surface area contributed by atoms with Crippen LogP contribution in [0.25, 0.3) is 0 Å². The zero-order valence-corrected chi connectivity index (χ0v) is 20.1. The van der Waals surface area contributed by atoms with Crippen molar-refractivity contribution in [3.8, 4) is 0 Å². The summed E-state index contributed by atoms with van der Waals surface area (Å²) < 4.78 is 27.9. The van der Waals surface area contributed by atoms with E-state index < -0.39 is 22.5 Å². The van der Waals surface area contributed by atoms with Crippen LogP contribution in [0.4, 0.5) is 5.69 Å². The van der Waals surface area contributed by atoms with Crippen LogP contribution < -0.4 is 9.73 Å². The quantitative estimate of drug-likeness (QED) is 0.386. The molecule has 0 radical (unpaired) electrons. The summed E-state index contributed by atoms with van der Waals surface area (Å²) in [4.78, 5) is 12.8. The normalized spacial score (nSPS) is 11.7. The van der Waals surface area contributed by atoms with Gasteiger partial charge in [0.05, 0.1) is 16.8 Å². The van der Waals surface area contributed by atoms with Gasteiger partial charge in [-0.2, -0.15) is 5.10 Å². The number of rotatable bonds is 8. The SMILES string of the molecule is Cc1ccc(S(=O)(=O)N(CC(=O)N/N=C\c2ccc(C(C)C)cc2)c2cccc(C)c2)cc1. The van der Waals surface area contributed by atoms with Crippen LogP contribution in [0.2, 0.25) is 0 Å². The molecule has 0 saturated carbocycles. The summed E-state index contributed by atoms with van der Waals surface area (Å²) in [7, 11) is -3.95. The Bertz CT molecular complexity index is 1230. The molecule has 0 aliphatic rings. The number of sulfonamides is 1. The van der Waals surface area contributed by atoms with Crippen LogP contribution >= 0.6 is 0 Å².